The van der Waals surface area contributed by atoms with Crippen molar-refractivity contribution >= 4 is 34.2 Å². The van der Waals surface area contributed by atoms with Crippen LogP contribution in [0, 0.1) is 0 Å². The molecular weight excluding hydrogens is 274 g/mol. The van der Waals surface area contributed by atoms with E-state index in [0.29, 0.717) is 16.3 Å². The lowest BCUT2D eigenvalue weighted by molar-refractivity contribution is 0.102. The van der Waals surface area contributed by atoms with Crippen LogP contribution in [0.25, 0.3) is 11.0 Å². The summed E-state index contributed by atoms with van der Waals surface area (Å²) in [5.74, 6) is -0.251. The number of amides is 1. The number of hydrogen-bond donors (Lipinski definition) is 1. The van der Waals surface area contributed by atoms with Gasteiger partial charge in [-0.15, -0.1) is 0 Å². The zero-order valence-electron chi connectivity index (χ0n) is 10.4. The molecule has 1 aromatic heterocycles. The van der Waals surface area contributed by atoms with Crippen molar-refractivity contribution in [3.63, 3.8) is 0 Å². The van der Waals surface area contributed by atoms with Gasteiger partial charge in [0.2, 0.25) is 0 Å². The van der Waals surface area contributed by atoms with Crippen LogP contribution in [0.4, 0.5) is 5.69 Å². The fraction of sp³-hybridized carbons (Fsp3) is 0. The molecule has 98 valence electrons. The number of benzene rings is 2. The van der Waals surface area contributed by atoms with Gasteiger partial charge in [-0.25, -0.2) is 0 Å². The molecule has 0 bridgehead atoms. The molecule has 20 heavy (non-hydrogen) atoms. The number of anilines is 1. The molecule has 3 rings (SSSR count). The average molecular weight is 284 g/mol. The molecule has 0 saturated heterocycles. The Hall–Kier alpha value is -2.46. The second-order valence-electron chi connectivity index (χ2n) is 4.19. The van der Waals surface area contributed by atoms with E-state index >= 15 is 0 Å². The van der Waals surface area contributed by atoms with Crippen molar-refractivity contribution in [1.82, 2.24) is 9.97 Å². The maximum Gasteiger partial charge on any atom is 0.257 e. The van der Waals surface area contributed by atoms with Crippen molar-refractivity contribution in [1.29, 1.82) is 0 Å². The van der Waals surface area contributed by atoms with E-state index in [2.05, 4.69) is 15.3 Å². The number of nitrogens with zero attached hydrogens (tertiary/aromatic N) is 2. The summed E-state index contributed by atoms with van der Waals surface area (Å²) in [5, 5.41) is 3.22. The maximum absolute atomic E-state index is 12.1. The lowest BCUT2D eigenvalue weighted by Crippen LogP contribution is -2.12. The molecule has 4 nitrogen and oxygen atoms in total. The second kappa shape index (κ2) is 5.27. The quantitative estimate of drug-likeness (QED) is 0.783. The van der Waals surface area contributed by atoms with Crippen molar-refractivity contribution in [2.45, 2.75) is 0 Å². The molecule has 0 saturated carbocycles. The average Bonchev–Trinajstić information content (AvgIpc) is 2.47. The number of nitrogens with one attached hydrogen (secondary N) is 1. The van der Waals surface area contributed by atoms with Crippen LogP contribution in [0.1, 0.15) is 10.4 Å². The lowest BCUT2D eigenvalue weighted by atomic mass is 10.2. The first-order valence-corrected chi connectivity index (χ1v) is 6.38. The maximum atomic E-state index is 12.1. The highest BCUT2D eigenvalue weighted by Gasteiger charge is 2.10. The minimum absolute atomic E-state index is 0.251. The Morgan fingerprint density at radius 3 is 2.55 bits per heavy atom. The van der Waals surface area contributed by atoms with Gasteiger partial charge in [0.1, 0.15) is 0 Å². The molecule has 0 atom stereocenters. The smallest absolute Gasteiger partial charge is 0.257 e. The fourth-order valence-electron chi connectivity index (χ4n) is 1.88. The number of carbonyl (C=O) groups excluding carboxylic acids is 1. The van der Waals surface area contributed by atoms with E-state index in [0.717, 1.165) is 11.0 Å². The number of carbonyl (C=O) groups is 1. The van der Waals surface area contributed by atoms with Gasteiger partial charge in [0.25, 0.3) is 5.91 Å². The predicted molar refractivity (Wildman–Crippen MR) is 78.9 cm³/mol. The molecule has 1 heterocycles. The summed E-state index contributed by atoms with van der Waals surface area (Å²) >= 11 is 6.00. The van der Waals surface area contributed by atoms with Crippen molar-refractivity contribution in [2.75, 3.05) is 5.32 Å². The minimum Gasteiger partial charge on any atom is -0.322 e. The predicted octanol–water partition coefficient (Wildman–Crippen LogP) is 3.54. The van der Waals surface area contributed by atoms with E-state index in [-0.39, 0.29) is 5.91 Å². The Kier molecular flexibility index (Phi) is 3.31. The summed E-state index contributed by atoms with van der Waals surface area (Å²) in [7, 11) is 0. The number of hydrogen-bond acceptors (Lipinski definition) is 3. The van der Waals surface area contributed by atoms with E-state index < -0.39 is 0 Å². The summed E-state index contributed by atoms with van der Waals surface area (Å²) in [6.07, 6.45) is 3.24. The van der Waals surface area contributed by atoms with Gasteiger partial charge in [-0.1, -0.05) is 23.7 Å². The van der Waals surface area contributed by atoms with E-state index in [1.807, 2.05) is 6.07 Å². The minimum atomic E-state index is -0.251. The van der Waals surface area contributed by atoms with Crippen LogP contribution in [0.2, 0.25) is 5.02 Å². The third-order valence-corrected chi connectivity index (χ3v) is 3.18. The Balaban J connectivity index is 1.89. The molecule has 0 aliphatic rings. The third kappa shape index (κ3) is 2.46. The Morgan fingerprint density at radius 2 is 1.75 bits per heavy atom. The standard InChI is InChI=1S/C15H10ClN3O/c16-12-4-2-1-3-11(12)15(20)19-10-5-6-13-14(9-10)18-8-7-17-13/h1-9H,(H,19,20). The van der Waals surface area contributed by atoms with Crippen molar-refractivity contribution in [2.24, 2.45) is 0 Å². The molecule has 5 heteroatoms. The highest BCUT2D eigenvalue weighted by atomic mass is 35.5. The first-order chi connectivity index (χ1) is 9.74. The zero-order chi connectivity index (χ0) is 13.9. The Bertz CT molecular complexity index is 789. The molecule has 0 fully saturated rings. The van der Waals surface area contributed by atoms with Gasteiger partial charge in [0.15, 0.2) is 0 Å². The molecule has 0 spiro atoms. The van der Waals surface area contributed by atoms with E-state index in [1.165, 1.54) is 0 Å². The van der Waals surface area contributed by atoms with Gasteiger partial charge in [0.05, 0.1) is 21.6 Å². The number of fused-ring (bicyclic) bond motifs is 1. The van der Waals surface area contributed by atoms with Crippen LogP contribution in [0.5, 0.6) is 0 Å². The van der Waals surface area contributed by atoms with Crippen LogP contribution >= 0.6 is 11.6 Å². The molecule has 0 unspecified atom stereocenters. The Labute approximate surface area is 120 Å². The highest BCUT2D eigenvalue weighted by Crippen LogP contribution is 2.19. The van der Waals surface area contributed by atoms with Crippen molar-refractivity contribution in [3.05, 3.63) is 65.4 Å². The van der Waals surface area contributed by atoms with Crippen LogP contribution in [-0.4, -0.2) is 15.9 Å². The number of aromatic nitrogens is 2. The molecule has 1 N–H and O–H groups in total. The van der Waals surface area contributed by atoms with Crippen LogP contribution in [0.15, 0.2) is 54.9 Å². The molecule has 0 radical (unpaired) electrons. The summed E-state index contributed by atoms with van der Waals surface area (Å²) in [6, 6.07) is 12.3. The van der Waals surface area contributed by atoms with Gasteiger partial charge in [-0.3, -0.25) is 14.8 Å². The number of rotatable bonds is 2. The highest BCUT2D eigenvalue weighted by molar-refractivity contribution is 6.34. The van der Waals surface area contributed by atoms with Gasteiger partial charge in [-0.2, -0.15) is 0 Å². The summed E-state index contributed by atoms with van der Waals surface area (Å²) in [4.78, 5) is 20.5. The van der Waals surface area contributed by atoms with Crippen molar-refractivity contribution < 1.29 is 4.79 Å². The molecular formula is C15H10ClN3O. The lowest BCUT2D eigenvalue weighted by Gasteiger charge is -2.07. The van der Waals surface area contributed by atoms with Gasteiger partial charge >= 0.3 is 0 Å². The van der Waals surface area contributed by atoms with Crippen molar-refractivity contribution in [3.8, 4) is 0 Å². The summed E-state index contributed by atoms with van der Waals surface area (Å²) in [5.41, 5.74) is 2.60. The van der Waals surface area contributed by atoms with Gasteiger partial charge < -0.3 is 5.32 Å². The van der Waals surface area contributed by atoms with E-state index in [9.17, 15) is 4.79 Å². The van der Waals surface area contributed by atoms with Crippen LogP contribution in [-0.2, 0) is 0 Å². The summed E-state index contributed by atoms with van der Waals surface area (Å²) in [6.45, 7) is 0. The molecule has 1 amide bonds. The first-order valence-electron chi connectivity index (χ1n) is 6.01. The Morgan fingerprint density at radius 1 is 1.00 bits per heavy atom. The fourth-order valence-corrected chi connectivity index (χ4v) is 2.11. The molecule has 2 aromatic carbocycles. The zero-order valence-corrected chi connectivity index (χ0v) is 11.1. The SMILES string of the molecule is O=C(Nc1ccc2nccnc2c1)c1ccccc1Cl. The van der Waals surface area contributed by atoms with Gasteiger partial charge in [0, 0.05) is 18.1 Å². The molecule has 3 aromatic rings. The number of halogens is 1. The van der Waals surface area contributed by atoms with Gasteiger partial charge in [-0.05, 0) is 30.3 Å². The topological polar surface area (TPSA) is 54.9 Å². The van der Waals surface area contributed by atoms with Crippen LogP contribution in [0.3, 0.4) is 0 Å². The van der Waals surface area contributed by atoms with Crippen LogP contribution < -0.4 is 5.32 Å². The first kappa shape index (κ1) is 12.6. The van der Waals surface area contributed by atoms with E-state index in [4.69, 9.17) is 11.6 Å². The monoisotopic (exact) mass is 283 g/mol. The second-order valence-corrected chi connectivity index (χ2v) is 4.60. The summed E-state index contributed by atoms with van der Waals surface area (Å²) < 4.78 is 0. The molecule has 0 aliphatic carbocycles. The van der Waals surface area contributed by atoms with E-state index in [1.54, 1.807) is 48.8 Å². The molecule has 0 aliphatic heterocycles. The largest absolute Gasteiger partial charge is 0.322 e. The normalized spacial score (nSPS) is 10.4. The third-order valence-electron chi connectivity index (χ3n) is 2.85.